The molecule has 1 aliphatic rings. The fourth-order valence-electron chi connectivity index (χ4n) is 3.59. The maximum Gasteiger partial charge on any atom is 0.435 e. The van der Waals surface area contributed by atoms with Crippen LogP contribution in [0.15, 0.2) is 29.6 Å². The molecule has 12 heteroatoms. The van der Waals surface area contributed by atoms with Gasteiger partial charge in [-0.25, -0.2) is 9.37 Å². The van der Waals surface area contributed by atoms with E-state index in [9.17, 15) is 22.4 Å². The van der Waals surface area contributed by atoms with Gasteiger partial charge >= 0.3 is 6.18 Å². The lowest BCUT2D eigenvalue weighted by Crippen LogP contribution is -2.37. The number of aromatic amines is 1. The van der Waals surface area contributed by atoms with Gasteiger partial charge < -0.3 is 16.0 Å². The van der Waals surface area contributed by atoms with Crippen molar-refractivity contribution in [3.05, 3.63) is 46.9 Å². The first-order chi connectivity index (χ1) is 15.3. The summed E-state index contributed by atoms with van der Waals surface area (Å²) in [5.41, 5.74) is 5.31. The number of para-hydroxylation sites is 1. The van der Waals surface area contributed by atoms with E-state index in [4.69, 9.17) is 5.73 Å². The molecule has 170 valence electrons. The number of carbonyl (C=O) groups excluding carboxylic acids is 1. The molecule has 0 bridgehead atoms. The fourth-order valence-corrected chi connectivity index (χ4v) is 4.36. The van der Waals surface area contributed by atoms with Gasteiger partial charge in [0.15, 0.2) is 5.69 Å². The second-order valence-corrected chi connectivity index (χ2v) is 8.32. The molecule has 3 aromatic rings. The van der Waals surface area contributed by atoms with Crippen LogP contribution in [0.5, 0.6) is 0 Å². The predicted molar refractivity (Wildman–Crippen MR) is 113 cm³/mol. The van der Waals surface area contributed by atoms with Gasteiger partial charge in [-0.1, -0.05) is 6.07 Å². The van der Waals surface area contributed by atoms with E-state index in [2.05, 4.69) is 20.5 Å². The maximum absolute atomic E-state index is 14.7. The molecule has 0 unspecified atom stereocenters. The number of piperidine rings is 1. The lowest BCUT2D eigenvalue weighted by atomic mass is 9.96. The van der Waals surface area contributed by atoms with Gasteiger partial charge in [-0.15, -0.1) is 11.3 Å². The van der Waals surface area contributed by atoms with Crippen molar-refractivity contribution >= 4 is 28.6 Å². The molecule has 0 radical (unpaired) electrons. The molecule has 0 atom stereocenters. The third-order valence-corrected chi connectivity index (χ3v) is 6.21. The molecular weight excluding hydrogens is 448 g/mol. The van der Waals surface area contributed by atoms with Crippen LogP contribution in [0.4, 0.5) is 28.9 Å². The number of alkyl halides is 3. The van der Waals surface area contributed by atoms with Crippen molar-refractivity contribution in [3.8, 4) is 10.7 Å². The molecule has 0 aliphatic carbocycles. The van der Waals surface area contributed by atoms with Crippen molar-refractivity contribution in [1.82, 2.24) is 15.2 Å². The smallest absolute Gasteiger partial charge is 0.367 e. The largest absolute Gasteiger partial charge is 0.435 e. The lowest BCUT2D eigenvalue weighted by molar-refractivity contribution is -0.141. The molecule has 4 rings (SSSR count). The van der Waals surface area contributed by atoms with Crippen LogP contribution in [-0.4, -0.2) is 40.7 Å². The summed E-state index contributed by atoms with van der Waals surface area (Å²) in [6, 6.07) is 5.26. The number of nitrogens with two attached hydrogens (primary N) is 1. The highest BCUT2D eigenvalue weighted by Gasteiger charge is 2.34. The Morgan fingerprint density at radius 1 is 1.31 bits per heavy atom. The van der Waals surface area contributed by atoms with Gasteiger partial charge in [0.25, 0.3) is 5.91 Å². The van der Waals surface area contributed by atoms with Crippen LogP contribution < -0.4 is 16.0 Å². The molecule has 1 fully saturated rings. The number of aromatic nitrogens is 3. The Bertz CT molecular complexity index is 1100. The molecule has 3 heterocycles. The summed E-state index contributed by atoms with van der Waals surface area (Å²) >= 11 is 0.997. The summed E-state index contributed by atoms with van der Waals surface area (Å²) in [5.74, 6) is -0.651. The molecule has 2 aromatic heterocycles. The van der Waals surface area contributed by atoms with Gasteiger partial charge in [-0.2, -0.15) is 18.3 Å². The van der Waals surface area contributed by atoms with Crippen LogP contribution in [0.3, 0.4) is 0 Å². The predicted octanol–water partition coefficient (Wildman–Crippen LogP) is 4.12. The fraction of sp³-hybridized carbons (Fsp3) is 0.350. The van der Waals surface area contributed by atoms with Crippen LogP contribution in [0.25, 0.3) is 10.7 Å². The number of amides is 1. The number of hydrogen-bond donors (Lipinski definition) is 3. The number of nitrogens with one attached hydrogen (secondary N) is 2. The zero-order valence-corrected chi connectivity index (χ0v) is 17.6. The third-order valence-electron chi connectivity index (χ3n) is 5.33. The molecule has 4 N–H and O–H groups in total. The molecule has 1 aromatic carbocycles. The number of carbonyl (C=O) groups is 1. The minimum atomic E-state index is -4.58. The monoisotopic (exact) mass is 468 g/mol. The van der Waals surface area contributed by atoms with E-state index < -0.39 is 23.6 Å². The van der Waals surface area contributed by atoms with Crippen molar-refractivity contribution < 1.29 is 22.4 Å². The van der Waals surface area contributed by atoms with Crippen molar-refractivity contribution in [2.75, 3.05) is 29.9 Å². The van der Waals surface area contributed by atoms with Crippen LogP contribution in [0.1, 0.15) is 29.0 Å². The van der Waals surface area contributed by atoms with Crippen LogP contribution in [0.2, 0.25) is 0 Å². The molecule has 32 heavy (non-hydrogen) atoms. The summed E-state index contributed by atoms with van der Waals surface area (Å²) in [7, 11) is 0. The Morgan fingerprint density at radius 3 is 2.72 bits per heavy atom. The molecule has 1 amide bonds. The minimum Gasteiger partial charge on any atom is -0.367 e. The van der Waals surface area contributed by atoms with Gasteiger partial charge in [-0.05, 0) is 43.5 Å². The second kappa shape index (κ2) is 8.87. The maximum atomic E-state index is 14.7. The Kier molecular flexibility index (Phi) is 6.15. The topological polar surface area (TPSA) is 99.9 Å². The number of thiazole rings is 1. The molecule has 7 nitrogen and oxygen atoms in total. The van der Waals surface area contributed by atoms with Crippen LogP contribution >= 0.6 is 11.3 Å². The highest BCUT2D eigenvalue weighted by molar-refractivity contribution is 7.13. The Hall–Kier alpha value is -2.99. The average molecular weight is 468 g/mol. The molecule has 0 spiro atoms. The number of halogens is 4. The van der Waals surface area contributed by atoms with Crippen molar-refractivity contribution in [1.29, 1.82) is 0 Å². The van der Waals surface area contributed by atoms with Crippen molar-refractivity contribution in [3.63, 3.8) is 0 Å². The Morgan fingerprint density at radius 2 is 2.06 bits per heavy atom. The summed E-state index contributed by atoms with van der Waals surface area (Å²) in [4.78, 5) is 18.7. The van der Waals surface area contributed by atoms with Gasteiger partial charge in [0.1, 0.15) is 16.5 Å². The van der Waals surface area contributed by atoms with Gasteiger partial charge in [0.2, 0.25) is 0 Å². The van der Waals surface area contributed by atoms with E-state index >= 15 is 0 Å². The summed E-state index contributed by atoms with van der Waals surface area (Å²) in [5, 5.41) is 9.79. The number of nitrogens with zero attached hydrogens (tertiary/aromatic N) is 3. The van der Waals surface area contributed by atoms with Crippen molar-refractivity contribution in [2.24, 2.45) is 11.7 Å². The number of anilines is 2. The summed E-state index contributed by atoms with van der Waals surface area (Å²) in [6.07, 6.45) is -2.92. The molecular formula is C20H20F4N6OS. The SMILES string of the molecule is NCC1CCN(c2c(F)cccc2NC(=O)c2csc(-c3cc(C(F)(F)F)n[nH]3)n2)CC1. The first-order valence-corrected chi connectivity index (χ1v) is 10.8. The minimum absolute atomic E-state index is 0.00482. The normalized spacial score (nSPS) is 15.2. The van der Waals surface area contributed by atoms with E-state index in [1.165, 1.54) is 17.5 Å². The Balaban J connectivity index is 1.52. The first kappa shape index (κ1) is 22.2. The molecule has 1 aliphatic heterocycles. The van der Waals surface area contributed by atoms with Gasteiger partial charge in [-0.3, -0.25) is 9.89 Å². The number of H-pyrrole nitrogens is 1. The molecule has 1 saturated heterocycles. The highest BCUT2D eigenvalue weighted by atomic mass is 32.1. The quantitative estimate of drug-likeness (QED) is 0.489. The standard InChI is InChI=1S/C20H20F4N6OS/c21-12-2-1-3-13(17(12)30-6-4-11(9-25)5-7-30)26-18(31)15-10-32-19(27-15)14-8-16(29-28-14)20(22,23)24/h1-3,8,10-11H,4-7,9,25H2,(H,26,31)(H,28,29). The van der Waals surface area contributed by atoms with Gasteiger partial charge in [0.05, 0.1) is 17.1 Å². The zero-order chi connectivity index (χ0) is 22.9. The van der Waals surface area contributed by atoms with E-state index in [0.717, 1.165) is 30.2 Å². The number of rotatable bonds is 5. The zero-order valence-electron chi connectivity index (χ0n) is 16.7. The van der Waals surface area contributed by atoms with E-state index in [0.29, 0.717) is 36.9 Å². The third kappa shape index (κ3) is 4.60. The number of hydrogen-bond acceptors (Lipinski definition) is 6. The Labute approximate surface area is 184 Å². The second-order valence-electron chi connectivity index (χ2n) is 7.46. The van der Waals surface area contributed by atoms with E-state index in [-0.39, 0.29) is 16.4 Å². The number of benzene rings is 1. The van der Waals surface area contributed by atoms with E-state index in [1.807, 2.05) is 4.90 Å². The summed E-state index contributed by atoms with van der Waals surface area (Å²) < 4.78 is 52.9. The van der Waals surface area contributed by atoms with E-state index in [1.54, 1.807) is 6.07 Å². The summed E-state index contributed by atoms with van der Waals surface area (Å²) in [6.45, 7) is 1.82. The molecule has 0 saturated carbocycles. The lowest BCUT2D eigenvalue weighted by Gasteiger charge is -2.34. The van der Waals surface area contributed by atoms with Crippen LogP contribution in [0, 0.1) is 11.7 Å². The van der Waals surface area contributed by atoms with Gasteiger partial charge in [0, 0.05) is 18.5 Å². The van der Waals surface area contributed by atoms with Crippen LogP contribution in [-0.2, 0) is 6.18 Å². The van der Waals surface area contributed by atoms with Crippen molar-refractivity contribution in [2.45, 2.75) is 19.0 Å². The average Bonchev–Trinajstić information content (AvgIpc) is 3.44. The first-order valence-electron chi connectivity index (χ1n) is 9.89. The highest BCUT2D eigenvalue weighted by Crippen LogP contribution is 2.34.